The molecule has 3 heterocycles. The number of carboxylic acids is 1. The maximum Gasteiger partial charge on any atom is 0.335 e. The zero-order valence-corrected chi connectivity index (χ0v) is 22.9. The Morgan fingerprint density at radius 2 is 1.31 bits per heavy atom. The smallest absolute Gasteiger partial charge is 0.335 e. The molecule has 0 amide bonds. The molecule has 42 heavy (non-hydrogen) atoms. The van der Waals surface area contributed by atoms with Gasteiger partial charge < -0.3 is 84.4 Å². The van der Waals surface area contributed by atoms with E-state index in [-0.39, 0.29) is 13.1 Å². The number of aliphatic hydroxyl groups excluding tert-OH is 6. The Hall–Kier alpha value is -1.75. The zero-order chi connectivity index (χ0) is 31.1. The predicted molar refractivity (Wildman–Crippen MR) is 133 cm³/mol. The van der Waals surface area contributed by atoms with Crippen LogP contribution in [0.3, 0.4) is 0 Å². The van der Waals surface area contributed by atoms with E-state index in [1.54, 1.807) is 6.92 Å². The third-order valence-electron chi connectivity index (χ3n) is 7.60. The Labute approximate surface area is 240 Å². The lowest BCUT2D eigenvalue weighted by molar-refractivity contribution is -0.360. The molecule has 6 unspecified atom stereocenters. The average Bonchev–Trinajstić information content (AvgIpc) is 2.97. The third-order valence-corrected chi connectivity index (χ3v) is 7.60. The minimum Gasteiger partial charge on any atom is -0.479 e. The minimum absolute atomic E-state index is 0.209. The summed E-state index contributed by atoms with van der Waals surface area (Å²) in [5.74, 6) is -2.28. The van der Waals surface area contributed by atoms with Crippen LogP contribution in [0, 0.1) is 5.92 Å². The number of rotatable bonds is 14. The van der Waals surface area contributed by atoms with Gasteiger partial charge in [0, 0.05) is 13.0 Å². The fourth-order valence-corrected chi connectivity index (χ4v) is 5.26. The van der Waals surface area contributed by atoms with Gasteiger partial charge in [0.2, 0.25) is 0 Å². The normalized spacial score (nSPS) is 44.4. The summed E-state index contributed by atoms with van der Waals surface area (Å²) < 4.78 is 33.3. The summed E-state index contributed by atoms with van der Waals surface area (Å²) in [7, 11) is 1.27. The van der Waals surface area contributed by atoms with Gasteiger partial charge in [-0.15, -0.1) is 0 Å². The molecular weight excluding hydrogens is 572 g/mol. The molecule has 3 aliphatic rings. The minimum atomic E-state index is -2.01. The van der Waals surface area contributed by atoms with E-state index in [4.69, 9.17) is 28.4 Å². The quantitative estimate of drug-likeness (QED) is 0.0826. The van der Waals surface area contributed by atoms with E-state index in [0.29, 0.717) is 12.6 Å². The van der Waals surface area contributed by atoms with E-state index >= 15 is 0 Å². The van der Waals surface area contributed by atoms with Gasteiger partial charge in [0.05, 0.1) is 50.6 Å². The van der Waals surface area contributed by atoms with E-state index in [9.17, 15) is 50.1 Å². The van der Waals surface area contributed by atoms with Crippen molar-refractivity contribution in [1.29, 1.82) is 0 Å². The first-order valence-corrected chi connectivity index (χ1v) is 13.3. The molecule has 0 aromatic rings. The lowest BCUT2D eigenvalue weighted by Gasteiger charge is -2.48. The molecule has 0 aromatic carbocycles. The van der Waals surface area contributed by atoms with Crippen molar-refractivity contribution in [3.63, 3.8) is 0 Å². The molecular formula is C24H40N2O16. The number of carbonyl (C=O) groups excluding carboxylic acids is 2. The maximum atomic E-state index is 12.2. The first-order chi connectivity index (χ1) is 20.0. The van der Waals surface area contributed by atoms with Crippen LogP contribution < -0.4 is 10.6 Å². The zero-order valence-electron chi connectivity index (χ0n) is 22.9. The predicted octanol–water partition coefficient (Wildman–Crippen LogP) is -5.96. The number of hydrogen-bond acceptors (Lipinski definition) is 17. The van der Waals surface area contributed by atoms with Crippen LogP contribution in [0.2, 0.25) is 0 Å². The first kappa shape index (κ1) is 34.7. The molecule has 242 valence electrons. The maximum absolute atomic E-state index is 12.2. The van der Waals surface area contributed by atoms with Crippen LogP contribution in [-0.4, -0.2) is 174 Å². The summed E-state index contributed by atoms with van der Waals surface area (Å²) in [6.45, 7) is -0.107. The van der Waals surface area contributed by atoms with Gasteiger partial charge in [0.1, 0.15) is 49.2 Å². The van der Waals surface area contributed by atoms with Crippen molar-refractivity contribution in [3.05, 3.63) is 0 Å². The van der Waals surface area contributed by atoms with Gasteiger partial charge >= 0.3 is 5.97 Å². The molecule has 0 radical (unpaired) electrons. The van der Waals surface area contributed by atoms with Crippen molar-refractivity contribution in [3.8, 4) is 0 Å². The molecule has 0 aromatic heterocycles. The van der Waals surface area contributed by atoms with Crippen molar-refractivity contribution in [2.75, 3.05) is 33.4 Å². The molecule has 3 fully saturated rings. The highest BCUT2D eigenvalue weighted by atomic mass is 16.8. The molecule has 3 rings (SSSR count). The summed E-state index contributed by atoms with van der Waals surface area (Å²) in [5, 5.41) is 78.4. The van der Waals surface area contributed by atoms with E-state index in [2.05, 4.69) is 10.6 Å². The van der Waals surface area contributed by atoms with Crippen molar-refractivity contribution in [1.82, 2.24) is 10.6 Å². The van der Waals surface area contributed by atoms with Crippen LogP contribution in [0.15, 0.2) is 0 Å². The summed E-state index contributed by atoms with van der Waals surface area (Å²) in [4.78, 5) is 34.0. The van der Waals surface area contributed by atoms with E-state index in [1.165, 1.54) is 7.11 Å². The number of carbonyl (C=O) groups is 3. The van der Waals surface area contributed by atoms with Crippen LogP contribution in [-0.2, 0) is 42.8 Å². The van der Waals surface area contributed by atoms with Crippen LogP contribution in [0.5, 0.6) is 0 Å². The second-order valence-corrected chi connectivity index (χ2v) is 10.2. The third kappa shape index (κ3) is 7.48. The summed E-state index contributed by atoms with van der Waals surface area (Å²) >= 11 is 0. The van der Waals surface area contributed by atoms with Crippen LogP contribution in [0.1, 0.15) is 6.92 Å². The van der Waals surface area contributed by atoms with Gasteiger partial charge in [-0.25, -0.2) is 4.79 Å². The summed E-state index contributed by atoms with van der Waals surface area (Å²) in [6, 6.07) is -2.16. The van der Waals surface area contributed by atoms with Gasteiger partial charge in [-0.3, -0.25) is 0 Å². The molecule has 0 bridgehead atoms. The lowest BCUT2D eigenvalue weighted by Crippen LogP contribution is -2.68. The largest absolute Gasteiger partial charge is 0.479 e. The fourth-order valence-electron chi connectivity index (χ4n) is 5.26. The number of aliphatic carboxylic acids is 1. The molecule has 0 spiro atoms. The Bertz CT molecular complexity index is 885. The summed E-state index contributed by atoms with van der Waals surface area (Å²) in [6.07, 6.45) is -17.8. The summed E-state index contributed by atoms with van der Waals surface area (Å²) in [5.41, 5.74) is 0. The Kier molecular flexibility index (Phi) is 13.1. The molecule has 9 N–H and O–H groups in total. The number of nitrogens with one attached hydrogen (secondary N) is 2. The number of ether oxygens (including phenoxy) is 6. The van der Waals surface area contributed by atoms with Gasteiger partial charge in [-0.1, -0.05) is 6.92 Å². The van der Waals surface area contributed by atoms with Gasteiger partial charge in [-0.05, 0) is 0 Å². The number of aliphatic hydroxyl groups is 6. The fraction of sp³-hybridized carbons (Fsp3) is 0.875. The second-order valence-electron chi connectivity index (χ2n) is 10.2. The van der Waals surface area contributed by atoms with Crippen molar-refractivity contribution in [2.24, 2.45) is 5.92 Å². The van der Waals surface area contributed by atoms with Crippen molar-refractivity contribution >= 4 is 18.5 Å². The van der Waals surface area contributed by atoms with Crippen LogP contribution >= 0.6 is 0 Å². The number of aldehydes is 2. The molecule has 3 aliphatic heterocycles. The Morgan fingerprint density at radius 1 is 0.762 bits per heavy atom. The molecule has 15 atom stereocenters. The van der Waals surface area contributed by atoms with Crippen LogP contribution in [0.4, 0.5) is 0 Å². The lowest BCUT2D eigenvalue weighted by atomic mass is 9.89. The molecule has 0 saturated carbocycles. The van der Waals surface area contributed by atoms with Crippen molar-refractivity contribution in [2.45, 2.75) is 92.8 Å². The number of methoxy groups -OCH3 is 1. The first-order valence-electron chi connectivity index (χ1n) is 13.3. The van der Waals surface area contributed by atoms with Crippen LogP contribution in [0.25, 0.3) is 0 Å². The topological polar surface area (TPSA) is 272 Å². The molecule has 0 aliphatic carbocycles. The van der Waals surface area contributed by atoms with Gasteiger partial charge in [0.15, 0.2) is 25.0 Å². The SMILES string of the molecule is CO[C@H]1OC(CO)[C@@H](O[C@@H]2OC(C(=O)O)[C@@H](O[C@H]3OC(CO)[C@@H](C)[C@H](O)C3NCC=O)[C@H](O)C2O)[C@H](O)C1NCC=O. The van der Waals surface area contributed by atoms with E-state index in [0.717, 1.165) is 0 Å². The highest BCUT2D eigenvalue weighted by Crippen LogP contribution is 2.33. The van der Waals surface area contributed by atoms with Gasteiger partial charge in [0.25, 0.3) is 0 Å². The number of hydrogen-bond donors (Lipinski definition) is 9. The molecule has 3 saturated heterocycles. The average molecular weight is 613 g/mol. The standard InChI is InChI=1S/C24H40N2O16/c1-9-10(7-29)38-23(12(14(9)31)25-3-5-27)41-19-16(33)17(34)24(42-20(19)21(35)36)40-18-11(8-30)39-22(37-2)13(15(18)32)26-4-6-28/h5-6,9-20,22-26,29-34H,3-4,7-8H2,1-2H3,(H,35,36)/t9-,10?,11?,12?,13?,14+,15-,16-,17?,18-,19+,20?,22+,23-,24-/m1/s1. The number of carboxylic acid groups (broad SMARTS) is 1. The van der Waals surface area contributed by atoms with E-state index in [1.807, 2.05) is 0 Å². The van der Waals surface area contributed by atoms with Crippen molar-refractivity contribution < 1.29 is 78.6 Å². The molecule has 18 heteroatoms. The van der Waals surface area contributed by atoms with E-state index < -0.39 is 111 Å². The monoisotopic (exact) mass is 612 g/mol. The van der Waals surface area contributed by atoms with Gasteiger partial charge in [-0.2, -0.15) is 0 Å². The Balaban J connectivity index is 1.82. The highest BCUT2D eigenvalue weighted by Gasteiger charge is 2.55. The Morgan fingerprint density at radius 3 is 1.83 bits per heavy atom. The molecule has 18 nitrogen and oxygen atoms in total. The highest BCUT2D eigenvalue weighted by molar-refractivity contribution is 5.73. The second kappa shape index (κ2) is 15.8.